The average molecular weight is 848 g/mol. The van der Waals surface area contributed by atoms with Crippen LogP contribution in [0.15, 0.2) is 211 Å². The second-order valence-electron chi connectivity index (χ2n) is 16.1. The summed E-state index contributed by atoms with van der Waals surface area (Å²) in [7, 11) is 0. The maximum atomic E-state index is 6.67. The second-order valence-corrected chi connectivity index (χ2v) is 16.1. The van der Waals surface area contributed by atoms with Gasteiger partial charge in [0.15, 0.2) is 0 Å². The summed E-state index contributed by atoms with van der Waals surface area (Å²) < 4.78 is 9.15. The third-order valence-electron chi connectivity index (χ3n) is 12.5. The van der Waals surface area contributed by atoms with Crippen LogP contribution >= 0.6 is 12.6 Å². The van der Waals surface area contributed by atoms with Gasteiger partial charge in [0, 0.05) is 21.5 Å². The molecule has 11 rings (SSSR count). The molecule has 11 aromatic rings. The molecule has 1 unspecified atom stereocenters. The van der Waals surface area contributed by atoms with E-state index in [-0.39, 0.29) is 5.92 Å². The van der Waals surface area contributed by atoms with Crippen molar-refractivity contribution in [2.75, 3.05) is 6.26 Å². The fourth-order valence-electron chi connectivity index (χ4n) is 9.27. The van der Waals surface area contributed by atoms with E-state index in [4.69, 9.17) is 4.42 Å². The lowest BCUT2D eigenvalue weighted by Gasteiger charge is -2.19. The molecule has 314 valence electrons. The van der Waals surface area contributed by atoms with Crippen molar-refractivity contribution in [3.8, 4) is 61.3 Å². The Morgan fingerprint density at radius 1 is 0.406 bits per heavy atom. The topological polar surface area (TPSA) is 18.1 Å². The third-order valence-corrected chi connectivity index (χ3v) is 12.5. The lowest BCUT2D eigenvalue weighted by Crippen LogP contribution is -2.03. The molecule has 0 bridgehead atoms. The Morgan fingerprint density at radius 3 is 1.39 bits per heavy atom. The van der Waals surface area contributed by atoms with E-state index in [1.54, 1.807) is 6.26 Å². The maximum absolute atomic E-state index is 6.67. The Bertz CT molecular complexity index is 3380. The van der Waals surface area contributed by atoms with Gasteiger partial charge in [0.2, 0.25) is 0 Å². The number of hydrogen-bond acceptors (Lipinski definition) is 2. The van der Waals surface area contributed by atoms with Crippen LogP contribution in [0.25, 0.3) is 105 Å². The lowest BCUT2D eigenvalue weighted by atomic mass is 9.91. The van der Waals surface area contributed by atoms with Crippen LogP contribution in [-0.2, 0) is 0 Å². The van der Waals surface area contributed by atoms with Gasteiger partial charge in [0.25, 0.3) is 0 Å². The van der Waals surface area contributed by atoms with Gasteiger partial charge in [-0.2, -0.15) is 12.6 Å². The number of hydrogen-bond donors (Lipinski definition) is 1. The summed E-state index contributed by atoms with van der Waals surface area (Å²) in [5.41, 5.74) is 18.8. The van der Waals surface area contributed by atoms with Gasteiger partial charge in [-0.05, 0) is 140 Å². The van der Waals surface area contributed by atoms with Crippen molar-refractivity contribution in [2.24, 2.45) is 0 Å². The Morgan fingerprint density at radius 2 is 0.828 bits per heavy atom. The van der Waals surface area contributed by atoms with Gasteiger partial charge in [-0.1, -0.05) is 173 Å². The van der Waals surface area contributed by atoms with Crippen molar-refractivity contribution in [1.29, 1.82) is 0 Å². The maximum Gasteiger partial charge on any atom is 0.135 e. The summed E-state index contributed by atoms with van der Waals surface area (Å²) in [5.74, 6) is 0.289. The fraction of sp³-hybridized carbons (Fsp3) is 0.115. The van der Waals surface area contributed by atoms with Gasteiger partial charge < -0.3 is 8.98 Å². The van der Waals surface area contributed by atoms with Crippen LogP contribution in [0.5, 0.6) is 0 Å². The summed E-state index contributed by atoms with van der Waals surface area (Å²) in [6, 6.07) is 74.9. The van der Waals surface area contributed by atoms with E-state index < -0.39 is 0 Å². The molecule has 64 heavy (non-hydrogen) atoms. The van der Waals surface area contributed by atoms with E-state index >= 15 is 0 Å². The molecule has 0 aliphatic heterocycles. The zero-order chi connectivity index (χ0) is 44.2. The second kappa shape index (κ2) is 18.7. The molecule has 0 fully saturated rings. The minimum atomic E-state index is 0.289. The molecule has 2 heterocycles. The standard InChI is InChI=1S/C58H43NO.C2H6.CH4S/c1-3-38(2)57-54(59-52-26-11-10-25-49(52)50-36-47(27-29-53(50)59)40-17-8-5-9-18-40)30-32-56-58(57)51-37-48(28-31-55(51)60-56)46-24-14-23-45(35-46)44-22-13-21-43(34-44)42-20-12-19-41(33-42)39-15-6-4-7-16-39;2*1-2/h4-38H,3H2,1-2H3;1-2H3;2H,1H3. The van der Waals surface area contributed by atoms with E-state index in [9.17, 15) is 0 Å². The average Bonchev–Trinajstić information content (AvgIpc) is 3.92. The van der Waals surface area contributed by atoms with Crippen molar-refractivity contribution in [2.45, 2.75) is 40.0 Å². The van der Waals surface area contributed by atoms with E-state index in [1.807, 2.05) is 13.8 Å². The number of para-hydroxylation sites is 1. The summed E-state index contributed by atoms with van der Waals surface area (Å²) in [5, 5.41) is 4.86. The summed E-state index contributed by atoms with van der Waals surface area (Å²) in [4.78, 5) is 0. The van der Waals surface area contributed by atoms with Gasteiger partial charge >= 0.3 is 0 Å². The molecule has 9 aromatic carbocycles. The van der Waals surface area contributed by atoms with E-state index in [2.05, 4.69) is 237 Å². The first-order chi connectivity index (χ1) is 31.6. The quantitative estimate of drug-likeness (QED) is 0.151. The van der Waals surface area contributed by atoms with Crippen LogP contribution in [0.2, 0.25) is 0 Å². The zero-order valence-electron chi connectivity index (χ0n) is 37.2. The fourth-order valence-corrected chi connectivity index (χ4v) is 9.27. The molecule has 1 atom stereocenters. The molecule has 3 heteroatoms. The molecule has 0 saturated carbocycles. The molecular formula is C61H53NOS. The van der Waals surface area contributed by atoms with Crippen LogP contribution in [0.4, 0.5) is 0 Å². The minimum absolute atomic E-state index is 0.289. The Labute approximate surface area is 382 Å². The molecule has 0 N–H and O–H groups in total. The van der Waals surface area contributed by atoms with Crippen LogP contribution in [0.1, 0.15) is 45.6 Å². The number of fused-ring (bicyclic) bond motifs is 6. The lowest BCUT2D eigenvalue weighted by molar-refractivity contribution is 0.667. The first kappa shape index (κ1) is 42.2. The first-order valence-electron chi connectivity index (χ1n) is 22.5. The Balaban J connectivity index is 0.00000126. The number of benzene rings is 9. The highest BCUT2D eigenvalue weighted by molar-refractivity contribution is 7.79. The van der Waals surface area contributed by atoms with Gasteiger partial charge in [-0.3, -0.25) is 0 Å². The van der Waals surface area contributed by atoms with Gasteiger partial charge in [0.1, 0.15) is 11.2 Å². The van der Waals surface area contributed by atoms with Gasteiger partial charge in [0.05, 0.1) is 16.7 Å². The van der Waals surface area contributed by atoms with Crippen molar-refractivity contribution < 1.29 is 4.42 Å². The number of thiol groups is 1. The van der Waals surface area contributed by atoms with E-state index in [0.717, 1.165) is 23.0 Å². The predicted octanol–water partition coefficient (Wildman–Crippen LogP) is 18.1. The Kier molecular flexibility index (Phi) is 12.4. The molecule has 0 aliphatic rings. The first-order valence-corrected chi connectivity index (χ1v) is 23.4. The Hall–Kier alpha value is -7.07. The number of furan rings is 1. The predicted molar refractivity (Wildman–Crippen MR) is 280 cm³/mol. The van der Waals surface area contributed by atoms with Crippen molar-refractivity contribution >= 4 is 56.4 Å². The normalized spacial score (nSPS) is 11.6. The van der Waals surface area contributed by atoms with E-state index in [0.29, 0.717) is 0 Å². The summed E-state index contributed by atoms with van der Waals surface area (Å²) >= 11 is 3.53. The van der Waals surface area contributed by atoms with Crippen LogP contribution < -0.4 is 0 Å². The highest BCUT2D eigenvalue weighted by atomic mass is 32.1. The largest absolute Gasteiger partial charge is 0.456 e. The molecule has 2 nitrogen and oxygen atoms in total. The highest BCUT2D eigenvalue weighted by Crippen LogP contribution is 2.44. The van der Waals surface area contributed by atoms with Crippen molar-refractivity contribution in [3.63, 3.8) is 0 Å². The number of aromatic nitrogens is 1. The van der Waals surface area contributed by atoms with Gasteiger partial charge in [-0.15, -0.1) is 0 Å². The smallest absolute Gasteiger partial charge is 0.135 e. The molecule has 0 saturated heterocycles. The number of rotatable bonds is 8. The molecular weight excluding hydrogens is 795 g/mol. The minimum Gasteiger partial charge on any atom is -0.456 e. The van der Waals surface area contributed by atoms with Crippen LogP contribution in [0, 0.1) is 0 Å². The van der Waals surface area contributed by atoms with Crippen molar-refractivity contribution in [1.82, 2.24) is 4.57 Å². The van der Waals surface area contributed by atoms with Gasteiger partial charge in [-0.25, -0.2) is 0 Å². The summed E-state index contributed by atoms with van der Waals surface area (Å²) in [6.07, 6.45) is 2.70. The van der Waals surface area contributed by atoms with Crippen LogP contribution in [0.3, 0.4) is 0 Å². The van der Waals surface area contributed by atoms with Crippen molar-refractivity contribution in [3.05, 3.63) is 212 Å². The molecule has 0 aliphatic carbocycles. The molecule has 0 radical (unpaired) electrons. The monoisotopic (exact) mass is 847 g/mol. The molecule has 2 aromatic heterocycles. The van der Waals surface area contributed by atoms with E-state index in [1.165, 1.54) is 94.1 Å². The molecule has 0 amide bonds. The summed E-state index contributed by atoms with van der Waals surface area (Å²) in [6.45, 7) is 8.65. The third kappa shape index (κ3) is 7.82. The number of nitrogens with zero attached hydrogens (tertiary/aromatic N) is 1. The zero-order valence-corrected chi connectivity index (χ0v) is 38.1. The molecule has 0 spiro atoms. The highest BCUT2D eigenvalue weighted by Gasteiger charge is 2.23. The van der Waals surface area contributed by atoms with Crippen LogP contribution in [-0.4, -0.2) is 10.8 Å². The SMILES string of the molecule is CC.CCC(C)c1c(-n2c3ccccc3c3cc(-c4ccccc4)ccc32)ccc2oc3ccc(-c4cccc(-c5cccc(-c6cccc(-c7ccccc7)c6)c5)c4)cc3c12.CS.